The van der Waals surface area contributed by atoms with Crippen molar-refractivity contribution < 1.29 is 0 Å². The van der Waals surface area contributed by atoms with Crippen LogP contribution in [0.3, 0.4) is 0 Å². The highest BCUT2D eigenvalue weighted by atomic mass is 79.9. The van der Waals surface area contributed by atoms with Crippen LogP contribution in [0.5, 0.6) is 0 Å². The van der Waals surface area contributed by atoms with Crippen molar-refractivity contribution in [2.75, 3.05) is 0 Å². The number of hydrogen-bond acceptors (Lipinski definition) is 0. The summed E-state index contributed by atoms with van der Waals surface area (Å²) in [6.45, 7) is 0. The molecule has 8 rings (SSSR count). The van der Waals surface area contributed by atoms with E-state index in [4.69, 9.17) is 0 Å². The highest BCUT2D eigenvalue weighted by Gasteiger charge is 2.51. The number of fused-ring (bicyclic) bond motifs is 11. The van der Waals surface area contributed by atoms with Crippen molar-refractivity contribution in [2.24, 2.45) is 0 Å². The van der Waals surface area contributed by atoms with E-state index in [0.29, 0.717) is 0 Å². The van der Waals surface area contributed by atoms with E-state index in [1.54, 1.807) is 0 Å². The Balaban J connectivity index is 1.55. The van der Waals surface area contributed by atoms with Crippen LogP contribution in [0.1, 0.15) is 22.3 Å². The average Bonchev–Trinajstić information content (AvgIpc) is 3.41. The lowest BCUT2D eigenvalue weighted by Crippen LogP contribution is -2.25. The lowest BCUT2D eigenvalue weighted by atomic mass is 9.70. The molecule has 6 aromatic carbocycles. The summed E-state index contributed by atoms with van der Waals surface area (Å²) in [5, 5.41) is 2.51. The Morgan fingerprint density at radius 1 is 0.361 bits per heavy atom. The second kappa shape index (κ2) is 7.29. The van der Waals surface area contributed by atoms with Gasteiger partial charge in [-0.15, -0.1) is 0 Å². The largest absolute Gasteiger partial charge is 0.0725 e. The average molecular weight is 521 g/mol. The monoisotopic (exact) mass is 520 g/mol. The van der Waals surface area contributed by atoms with Crippen LogP contribution in [0.2, 0.25) is 0 Å². The van der Waals surface area contributed by atoms with E-state index in [9.17, 15) is 0 Å². The van der Waals surface area contributed by atoms with Crippen molar-refractivity contribution in [1.82, 2.24) is 0 Å². The number of rotatable bonds is 1. The van der Waals surface area contributed by atoms with Crippen LogP contribution >= 0.6 is 15.9 Å². The molecule has 0 saturated carbocycles. The van der Waals surface area contributed by atoms with Crippen molar-refractivity contribution in [3.63, 3.8) is 0 Å². The van der Waals surface area contributed by atoms with Gasteiger partial charge in [0.2, 0.25) is 0 Å². The Bertz CT molecular complexity index is 1810. The molecule has 2 aliphatic carbocycles. The molecule has 6 aromatic rings. The summed E-state index contributed by atoms with van der Waals surface area (Å²) in [5.74, 6) is 0. The number of halogens is 1. The van der Waals surface area contributed by atoms with Gasteiger partial charge in [0.15, 0.2) is 0 Å². The molecule has 1 spiro atoms. The van der Waals surface area contributed by atoms with Gasteiger partial charge in [0, 0.05) is 4.47 Å². The van der Waals surface area contributed by atoms with E-state index in [2.05, 4.69) is 143 Å². The first kappa shape index (κ1) is 20.3. The van der Waals surface area contributed by atoms with Gasteiger partial charge in [-0.25, -0.2) is 0 Å². The zero-order valence-corrected chi connectivity index (χ0v) is 21.1. The smallest absolute Gasteiger partial charge is 0.0619 e. The molecule has 0 amide bonds. The Morgan fingerprint density at radius 2 is 0.861 bits per heavy atom. The summed E-state index contributed by atoms with van der Waals surface area (Å²) in [4.78, 5) is 0. The summed E-state index contributed by atoms with van der Waals surface area (Å²) in [6, 6.07) is 47.1. The molecule has 2 aliphatic rings. The first-order valence-corrected chi connectivity index (χ1v) is 13.2. The molecule has 1 heteroatoms. The summed E-state index contributed by atoms with van der Waals surface area (Å²) < 4.78 is 1.13. The van der Waals surface area contributed by atoms with Gasteiger partial charge in [0.1, 0.15) is 0 Å². The lowest BCUT2D eigenvalue weighted by Gasteiger charge is -2.30. The molecular weight excluding hydrogens is 500 g/mol. The first-order chi connectivity index (χ1) is 17.8. The van der Waals surface area contributed by atoms with E-state index in [0.717, 1.165) is 4.47 Å². The normalized spacial score (nSPS) is 13.9. The van der Waals surface area contributed by atoms with Crippen molar-refractivity contribution in [1.29, 1.82) is 0 Å². The van der Waals surface area contributed by atoms with Crippen molar-refractivity contribution >= 4 is 26.7 Å². The van der Waals surface area contributed by atoms with E-state index in [1.807, 2.05) is 0 Å². The SMILES string of the molecule is Brc1ccc(-c2cccc3c2-c2ccccc2C32c3ccccc3-c3ccccc32)c2ccccc12. The molecule has 0 atom stereocenters. The molecule has 0 saturated heterocycles. The van der Waals surface area contributed by atoms with Gasteiger partial charge in [0.05, 0.1) is 5.41 Å². The van der Waals surface area contributed by atoms with Gasteiger partial charge >= 0.3 is 0 Å². The first-order valence-electron chi connectivity index (χ1n) is 12.4. The number of benzene rings is 6. The summed E-state index contributed by atoms with van der Waals surface area (Å²) in [6.07, 6.45) is 0. The van der Waals surface area contributed by atoms with Crippen molar-refractivity contribution in [3.05, 3.63) is 154 Å². The molecule has 0 N–H and O–H groups in total. The third-order valence-corrected chi connectivity index (χ3v) is 8.87. The standard InChI is InChI=1S/C35H21Br/c36-33-21-20-23(22-10-1-2-13-26(22)33)27-15-9-19-32-34(27)28-14-5-8-18-31(28)35(32)29-16-6-3-11-24(29)25-12-4-7-17-30(25)35/h1-21H. The number of hydrogen-bond donors (Lipinski definition) is 0. The summed E-state index contributed by atoms with van der Waals surface area (Å²) in [7, 11) is 0. The third-order valence-electron chi connectivity index (χ3n) is 8.18. The van der Waals surface area contributed by atoms with Gasteiger partial charge in [-0.3, -0.25) is 0 Å². The Kier molecular flexibility index (Phi) is 4.10. The second-order valence-electron chi connectivity index (χ2n) is 9.76. The van der Waals surface area contributed by atoms with E-state index < -0.39 is 0 Å². The summed E-state index contributed by atoms with van der Waals surface area (Å²) >= 11 is 3.78. The van der Waals surface area contributed by atoms with Crippen LogP contribution < -0.4 is 0 Å². The Labute approximate surface area is 219 Å². The van der Waals surface area contributed by atoms with Crippen molar-refractivity contribution in [2.45, 2.75) is 5.41 Å². The van der Waals surface area contributed by atoms with Gasteiger partial charge in [-0.1, -0.05) is 137 Å². The van der Waals surface area contributed by atoms with Crippen LogP contribution in [0.25, 0.3) is 44.2 Å². The fourth-order valence-corrected chi connectivity index (χ4v) is 7.34. The third kappa shape index (κ3) is 2.39. The van der Waals surface area contributed by atoms with E-state index in [-0.39, 0.29) is 5.41 Å². The van der Waals surface area contributed by atoms with E-state index >= 15 is 0 Å². The molecule has 0 radical (unpaired) electrons. The molecule has 0 heterocycles. The predicted molar refractivity (Wildman–Crippen MR) is 153 cm³/mol. The lowest BCUT2D eigenvalue weighted by molar-refractivity contribution is 0.794. The highest BCUT2D eigenvalue weighted by Crippen LogP contribution is 2.64. The molecule has 0 nitrogen and oxygen atoms in total. The molecule has 36 heavy (non-hydrogen) atoms. The van der Waals surface area contributed by atoms with Crippen LogP contribution in [0.4, 0.5) is 0 Å². The minimum Gasteiger partial charge on any atom is -0.0619 e. The Hall–Kier alpha value is -3.94. The summed E-state index contributed by atoms with van der Waals surface area (Å²) in [5.41, 5.74) is 13.2. The Morgan fingerprint density at radius 3 is 1.56 bits per heavy atom. The fraction of sp³-hybridized carbons (Fsp3) is 0.0286. The topological polar surface area (TPSA) is 0 Å². The maximum absolute atomic E-state index is 3.78. The maximum Gasteiger partial charge on any atom is 0.0725 e. The van der Waals surface area contributed by atoms with E-state index in [1.165, 1.54) is 66.4 Å². The van der Waals surface area contributed by atoms with Gasteiger partial charge in [-0.2, -0.15) is 0 Å². The van der Waals surface area contributed by atoms with Gasteiger partial charge in [0.25, 0.3) is 0 Å². The minimum absolute atomic E-state index is 0.305. The maximum atomic E-state index is 3.78. The van der Waals surface area contributed by atoms with Crippen LogP contribution in [-0.4, -0.2) is 0 Å². The van der Waals surface area contributed by atoms with Crippen LogP contribution in [0.15, 0.2) is 132 Å². The molecule has 0 aromatic heterocycles. The quantitative estimate of drug-likeness (QED) is 0.202. The molecular formula is C35H21Br. The predicted octanol–water partition coefficient (Wildman–Crippen LogP) is 9.61. The second-order valence-corrected chi connectivity index (χ2v) is 10.6. The van der Waals surface area contributed by atoms with Crippen LogP contribution in [0, 0.1) is 0 Å². The molecule has 0 bridgehead atoms. The van der Waals surface area contributed by atoms with Gasteiger partial charge < -0.3 is 0 Å². The zero-order chi connectivity index (χ0) is 23.9. The molecule has 0 unspecified atom stereocenters. The fourth-order valence-electron chi connectivity index (χ4n) is 6.87. The van der Waals surface area contributed by atoms with Gasteiger partial charge in [-0.05, 0) is 72.5 Å². The zero-order valence-electron chi connectivity index (χ0n) is 19.5. The minimum atomic E-state index is -0.305. The highest BCUT2D eigenvalue weighted by molar-refractivity contribution is 9.10. The molecule has 0 fully saturated rings. The van der Waals surface area contributed by atoms with Crippen molar-refractivity contribution in [3.8, 4) is 33.4 Å². The molecule has 168 valence electrons. The van der Waals surface area contributed by atoms with Crippen LogP contribution in [-0.2, 0) is 5.41 Å². The molecule has 0 aliphatic heterocycles.